The van der Waals surface area contributed by atoms with Crippen molar-refractivity contribution in [3.8, 4) is 0 Å². The molecule has 1 heterocycles. The van der Waals surface area contributed by atoms with Crippen LogP contribution in [-0.2, 0) is 5.41 Å². The van der Waals surface area contributed by atoms with Gasteiger partial charge in [-0.2, -0.15) is 0 Å². The highest BCUT2D eigenvalue weighted by atomic mass is 14.7. The standard InChI is InChI=1S/C16H27N/c1-13(2)11-15(3,4)12-16(5,6)14-9-7-8-10-17-14/h7-10,13H,11-12H2,1-6H3. The molecule has 0 aliphatic rings. The molecule has 17 heavy (non-hydrogen) atoms. The van der Waals surface area contributed by atoms with E-state index < -0.39 is 0 Å². The molecular weight excluding hydrogens is 206 g/mol. The molecule has 96 valence electrons. The normalized spacial score (nSPS) is 13.1. The topological polar surface area (TPSA) is 12.9 Å². The second-order valence-electron chi connectivity index (χ2n) is 7.04. The SMILES string of the molecule is CC(C)CC(C)(C)CC(C)(C)c1ccccn1. The average molecular weight is 233 g/mol. The predicted octanol–water partition coefficient (Wildman–Crippen LogP) is 4.82. The highest BCUT2D eigenvalue weighted by molar-refractivity contribution is 5.15. The summed E-state index contributed by atoms with van der Waals surface area (Å²) in [5.74, 6) is 0.754. The van der Waals surface area contributed by atoms with Crippen LogP contribution in [-0.4, -0.2) is 4.98 Å². The summed E-state index contributed by atoms with van der Waals surface area (Å²) in [5.41, 5.74) is 1.73. The van der Waals surface area contributed by atoms with Gasteiger partial charge in [0.2, 0.25) is 0 Å². The van der Waals surface area contributed by atoms with Crippen LogP contribution in [0.4, 0.5) is 0 Å². The van der Waals surface area contributed by atoms with Crippen LogP contribution in [0.3, 0.4) is 0 Å². The monoisotopic (exact) mass is 233 g/mol. The highest BCUT2D eigenvalue weighted by Crippen LogP contribution is 2.39. The van der Waals surface area contributed by atoms with Crippen molar-refractivity contribution < 1.29 is 0 Å². The Kier molecular flexibility index (Phi) is 4.35. The van der Waals surface area contributed by atoms with Gasteiger partial charge in [-0.05, 0) is 36.3 Å². The smallest absolute Gasteiger partial charge is 0.0459 e. The van der Waals surface area contributed by atoms with E-state index >= 15 is 0 Å². The Balaban J connectivity index is 2.79. The number of hydrogen-bond acceptors (Lipinski definition) is 1. The van der Waals surface area contributed by atoms with Gasteiger partial charge in [0.1, 0.15) is 0 Å². The molecule has 0 bridgehead atoms. The lowest BCUT2D eigenvalue weighted by atomic mass is 9.70. The van der Waals surface area contributed by atoms with Gasteiger partial charge in [-0.3, -0.25) is 4.98 Å². The maximum Gasteiger partial charge on any atom is 0.0459 e. The van der Waals surface area contributed by atoms with Gasteiger partial charge >= 0.3 is 0 Å². The van der Waals surface area contributed by atoms with E-state index in [-0.39, 0.29) is 5.41 Å². The van der Waals surface area contributed by atoms with Crippen LogP contribution < -0.4 is 0 Å². The third-order valence-corrected chi connectivity index (χ3v) is 3.24. The van der Waals surface area contributed by atoms with Crippen molar-refractivity contribution in [3.63, 3.8) is 0 Å². The molecule has 1 nitrogen and oxygen atoms in total. The summed E-state index contributed by atoms with van der Waals surface area (Å²) in [5, 5.41) is 0. The minimum absolute atomic E-state index is 0.152. The number of nitrogens with zero attached hydrogens (tertiary/aromatic N) is 1. The Hall–Kier alpha value is -0.850. The lowest BCUT2D eigenvalue weighted by Crippen LogP contribution is -2.28. The van der Waals surface area contributed by atoms with Crippen molar-refractivity contribution in [1.82, 2.24) is 4.98 Å². The van der Waals surface area contributed by atoms with Crippen molar-refractivity contribution in [3.05, 3.63) is 30.1 Å². The summed E-state index contributed by atoms with van der Waals surface area (Å²) in [6.45, 7) is 14.0. The minimum atomic E-state index is 0.152. The van der Waals surface area contributed by atoms with E-state index in [0.717, 1.165) is 5.92 Å². The van der Waals surface area contributed by atoms with Gasteiger partial charge in [-0.15, -0.1) is 0 Å². The summed E-state index contributed by atoms with van der Waals surface area (Å²) in [4.78, 5) is 4.51. The molecule has 1 aromatic heterocycles. The van der Waals surface area contributed by atoms with Crippen molar-refractivity contribution in [1.29, 1.82) is 0 Å². The maximum atomic E-state index is 4.51. The largest absolute Gasteiger partial charge is 0.261 e. The van der Waals surface area contributed by atoms with Crippen molar-refractivity contribution in [2.75, 3.05) is 0 Å². The van der Waals surface area contributed by atoms with Gasteiger partial charge in [-0.25, -0.2) is 0 Å². The van der Waals surface area contributed by atoms with Crippen LogP contribution in [0, 0.1) is 11.3 Å². The molecule has 0 spiro atoms. The van der Waals surface area contributed by atoms with E-state index in [4.69, 9.17) is 0 Å². The van der Waals surface area contributed by atoms with Crippen molar-refractivity contribution in [2.45, 2.75) is 59.8 Å². The van der Waals surface area contributed by atoms with E-state index in [9.17, 15) is 0 Å². The fourth-order valence-corrected chi connectivity index (χ4v) is 3.23. The first-order valence-corrected chi connectivity index (χ1v) is 6.64. The van der Waals surface area contributed by atoms with Crippen LogP contribution in [0.15, 0.2) is 24.4 Å². The summed E-state index contributed by atoms with van der Waals surface area (Å²) in [6, 6.07) is 6.21. The number of hydrogen-bond donors (Lipinski definition) is 0. The predicted molar refractivity (Wildman–Crippen MR) is 75.1 cm³/mol. The molecular formula is C16H27N. The molecule has 0 saturated carbocycles. The molecule has 0 N–H and O–H groups in total. The molecule has 0 aliphatic heterocycles. The summed E-state index contributed by atoms with van der Waals surface area (Å²) >= 11 is 0. The van der Waals surface area contributed by atoms with Gasteiger partial charge in [0.25, 0.3) is 0 Å². The summed E-state index contributed by atoms with van der Waals surface area (Å²) < 4.78 is 0. The average Bonchev–Trinajstić information content (AvgIpc) is 2.15. The maximum absolute atomic E-state index is 4.51. The molecule has 0 radical (unpaired) electrons. The van der Waals surface area contributed by atoms with Crippen molar-refractivity contribution >= 4 is 0 Å². The number of pyridine rings is 1. The van der Waals surface area contributed by atoms with E-state index in [2.05, 4.69) is 58.7 Å². The zero-order chi connectivity index (χ0) is 13.1. The molecule has 0 aromatic carbocycles. The third-order valence-electron chi connectivity index (χ3n) is 3.24. The van der Waals surface area contributed by atoms with Gasteiger partial charge in [-0.1, -0.05) is 47.6 Å². The fraction of sp³-hybridized carbons (Fsp3) is 0.688. The first-order chi connectivity index (χ1) is 7.73. The lowest BCUT2D eigenvalue weighted by Gasteiger charge is -2.35. The minimum Gasteiger partial charge on any atom is -0.261 e. The first-order valence-electron chi connectivity index (χ1n) is 6.64. The van der Waals surface area contributed by atoms with Crippen molar-refractivity contribution in [2.24, 2.45) is 11.3 Å². The summed E-state index contributed by atoms with van der Waals surface area (Å²) in [6.07, 6.45) is 4.34. The molecule has 1 rings (SSSR count). The molecule has 1 heteroatoms. The molecule has 0 saturated heterocycles. The lowest BCUT2D eigenvalue weighted by molar-refractivity contribution is 0.210. The second kappa shape index (κ2) is 5.20. The van der Waals surface area contributed by atoms with E-state index in [1.807, 2.05) is 12.3 Å². The van der Waals surface area contributed by atoms with E-state index in [0.29, 0.717) is 5.41 Å². The van der Waals surface area contributed by atoms with Crippen LogP contribution in [0.25, 0.3) is 0 Å². The number of aromatic nitrogens is 1. The first kappa shape index (κ1) is 14.2. The molecule has 0 fully saturated rings. The van der Waals surface area contributed by atoms with Gasteiger partial charge in [0, 0.05) is 17.3 Å². The number of rotatable bonds is 5. The van der Waals surface area contributed by atoms with Gasteiger partial charge in [0.05, 0.1) is 0 Å². The summed E-state index contributed by atoms with van der Waals surface area (Å²) in [7, 11) is 0. The van der Waals surface area contributed by atoms with Crippen LogP contribution in [0.2, 0.25) is 0 Å². The molecule has 0 amide bonds. The molecule has 0 aliphatic carbocycles. The zero-order valence-corrected chi connectivity index (χ0v) is 12.2. The quantitative estimate of drug-likeness (QED) is 0.710. The van der Waals surface area contributed by atoms with Crippen LogP contribution in [0.1, 0.15) is 60.1 Å². The Morgan fingerprint density at radius 3 is 2.24 bits per heavy atom. The zero-order valence-electron chi connectivity index (χ0n) is 12.2. The van der Waals surface area contributed by atoms with E-state index in [1.54, 1.807) is 0 Å². The Morgan fingerprint density at radius 2 is 1.76 bits per heavy atom. The molecule has 0 atom stereocenters. The van der Waals surface area contributed by atoms with Crippen LogP contribution in [0.5, 0.6) is 0 Å². The van der Waals surface area contributed by atoms with E-state index in [1.165, 1.54) is 18.5 Å². The van der Waals surface area contributed by atoms with Gasteiger partial charge in [0.15, 0.2) is 0 Å². The molecule has 0 unspecified atom stereocenters. The Bertz CT molecular complexity index is 336. The van der Waals surface area contributed by atoms with Crippen LogP contribution >= 0.6 is 0 Å². The van der Waals surface area contributed by atoms with Gasteiger partial charge < -0.3 is 0 Å². The Morgan fingerprint density at radius 1 is 1.12 bits per heavy atom. The highest BCUT2D eigenvalue weighted by Gasteiger charge is 2.31. The molecule has 1 aromatic rings. The fourth-order valence-electron chi connectivity index (χ4n) is 3.23. The third kappa shape index (κ3) is 4.49. The second-order valence-corrected chi connectivity index (χ2v) is 7.04. The Labute approximate surface area is 107 Å².